The fourth-order valence-corrected chi connectivity index (χ4v) is 5.32. The number of hydrogen-bond donors (Lipinski definition) is 0. The number of hydrogen-bond acceptors (Lipinski definition) is 2. The molecule has 2 aromatic carbocycles. The average Bonchev–Trinajstić information content (AvgIpc) is 2.70. The second-order valence-electron chi connectivity index (χ2n) is 7.47. The minimum atomic E-state index is -0.172. The van der Waals surface area contributed by atoms with Gasteiger partial charge >= 0.3 is 0 Å². The van der Waals surface area contributed by atoms with E-state index in [0.717, 1.165) is 27.8 Å². The van der Waals surface area contributed by atoms with Crippen LogP contribution in [0, 0.1) is 5.92 Å². The van der Waals surface area contributed by atoms with Crippen molar-refractivity contribution in [2.75, 3.05) is 0 Å². The van der Waals surface area contributed by atoms with E-state index in [1.807, 2.05) is 36.4 Å². The molecule has 2 unspecified atom stereocenters. The lowest BCUT2D eigenvalue weighted by Gasteiger charge is -2.42. The molecule has 0 saturated carbocycles. The molecule has 0 fully saturated rings. The molecule has 0 amide bonds. The molecule has 0 bridgehead atoms. The van der Waals surface area contributed by atoms with Crippen molar-refractivity contribution >= 4 is 40.3 Å². The molecular weight excluding hydrogens is 391 g/mol. The second-order valence-corrected chi connectivity index (χ2v) is 8.34. The third-order valence-electron chi connectivity index (χ3n) is 6.13. The van der Waals surface area contributed by atoms with E-state index in [9.17, 15) is 9.59 Å². The summed E-state index contributed by atoms with van der Waals surface area (Å²) in [6.07, 6.45) is 7.82. The number of Topliss-reactive ketones (excluding diaryl/α,β-unsaturated/α-hetero) is 2. The van der Waals surface area contributed by atoms with Crippen LogP contribution in [0.3, 0.4) is 0 Å². The zero-order valence-corrected chi connectivity index (χ0v) is 16.0. The minimum Gasteiger partial charge on any atom is -0.289 e. The van der Waals surface area contributed by atoms with Crippen molar-refractivity contribution in [2.45, 2.75) is 5.92 Å². The van der Waals surface area contributed by atoms with Gasteiger partial charge in [-0.2, -0.15) is 0 Å². The number of allylic oxidation sites excluding steroid dienone is 8. The summed E-state index contributed by atoms with van der Waals surface area (Å²) in [6.45, 7) is 0. The molecule has 0 saturated heterocycles. The quantitative estimate of drug-likeness (QED) is 0.543. The second kappa shape index (κ2) is 5.44. The van der Waals surface area contributed by atoms with Crippen LogP contribution >= 0.6 is 23.2 Å². The number of rotatable bonds is 0. The highest BCUT2D eigenvalue weighted by atomic mass is 35.5. The van der Waals surface area contributed by atoms with Crippen LogP contribution in [-0.4, -0.2) is 11.6 Å². The number of carbonyl (C=O) groups excluding carboxylic acids is 2. The Balaban J connectivity index is 1.67. The van der Waals surface area contributed by atoms with Crippen molar-refractivity contribution in [3.8, 4) is 0 Å². The van der Waals surface area contributed by atoms with Gasteiger partial charge < -0.3 is 0 Å². The first-order valence-corrected chi connectivity index (χ1v) is 9.83. The normalized spacial score (nSPS) is 23.6. The van der Waals surface area contributed by atoms with E-state index in [0.29, 0.717) is 26.7 Å². The van der Waals surface area contributed by atoms with Gasteiger partial charge in [0.2, 0.25) is 0 Å². The van der Waals surface area contributed by atoms with Gasteiger partial charge in [0.25, 0.3) is 0 Å². The zero-order valence-electron chi connectivity index (χ0n) is 14.5. The first-order chi connectivity index (χ1) is 13.5. The van der Waals surface area contributed by atoms with Gasteiger partial charge in [0, 0.05) is 44.2 Å². The Morgan fingerprint density at radius 2 is 1.54 bits per heavy atom. The van der Waals surface area contributed by atoms with Gasteiger partial charge in [-0.25, -0.2) is 0 Å². The van der Waals surface area contributed by atoms with Crippen molar-refractivity contribution in [2.24, 2.45) is 5.92 Å². The fourth-order valence-electron chi connectivity index (χ4n) is 4.96. The van der Waals surface area contributed by atoms with Gasteiger partial charge in [0.15, 0.2) is 11.6 Å². The monoisotopic (exact) mass is 402 g/mol. The largest absolute Gasteiger partial charge is 0.289 e. The van der Waals surface area contributed by atoms with Crippen LogP contribution < -0.4 is 0 Å². The van der Waals surface area contributed by atoms with Crippen LogP contribution in [0.4, 0.5) is 0 Å². The van der Waals surface area contributed by atoms with E-state index in [2.05, 4.69) is 0 Å². The fraction of sp³-hybridized carbons (Fsp3) is 0.0833. The Morgan fingerprint density at radius 1 is 0.786 bits per heavy atom. The summed E-state index contributed by atoms with van der Waals surface area (Å²) in [4.78, 5) is 26.4. The average molecular weight is 403 g/mol. The smallest absolute Gasteiger partial charge is 0.193 e. The SMILES string of the molecule is O=C1C2=C3C(=CC=C4C(=O)c5ccc(Cl)cc5C(C=C2)C43)c2cc(Cl)ccc21. The van der Waals surface area contributed by atoms with Crippen LogP contribution in [0.25, 0.3) is 5.57 Å². The van der Waals surface area contributed by atoms with Crippen molar-refractivity contribution in [3.05, 3.63) is 110 Å². The van der Waals surface area contributed by atoms with Gasteiger partial charge in [-0.3, -0.25) is 9.59 Å². The lowest BCUT2D eigenvalue weighted by atomic mass is 9.60. The van der Waals surface area contributed by atoms with Crippen LogP contribution in [0.15, 0.2) is 77.4 Å². The Bertz CT molecular complexity index is 1270. The molecule has 0 spiro atoms. The molecule has 2 aromatic rings. The molecule has 0 radical (unpaired) electrons. The molecule has 4 aliphatic rings. The summed E-state index contributed by atoms with van der Waals surface area (Å²) in [6, 6.07) is 10.8. The molecule has 134 valence electrons. The third-order valence-corrected chi connectivity index (χ3v) is 6.60. The van der Waals surface area contributed by atoms with Crippen LogP contribution in [0.1, 0.15) is 37.8 Å². The first-order valence-electron chi connectivity index (χ1n) is 9.08. The van der Waals surface area contributed by atoms with Crippen LogP contribution in [0.5, 0.6) is 0 Å². The molecule has 0 aromatic heterocycles. The maximum absolute atomic E-state index is 13.2. The number of ketones is 2. The Kier molecular flexibility index (Phi) is 3.16. The van der Waals surface area contributed by atoms with E-state index in [1.54, 1.807) is 24.3 Å². The summed E-state index contributed by atoms with van der Waals surface area (Å²) in [5, 5.41) is 1.20. The van der Waals surface area contributed by atoms with Crippen LogP contribution in [0.2, 0.25) is 10.0 Å². The van der Waals surface area contributed by atoms with E-state index in [4.69, 9.17) is 23.2 Å². The molecule has 6 rings (SSSR count). The number of benzene rings is 2. The number of halogens is 2. The highest BCUT2D eigenvalue weighted by Gasteiger charge is 2.46. The summed E-state index contributed by atoms with van der Waals surface area (Å²) in [5.41, 5.74) is 6.42. The lowest BCUT2D eigenvalue weighted by molar-refractivity contribution is 0.100. The topological polar surface area (TPSA) is 34.1 Å². The molecule has 0 heterocycles. The van der Waals surface area contributed by atoms with E-state index in [-0.39, 0.29) is 23.4 Å². The van der Waals surface area contributed by atoms with Gasteiger partial charge in [-0.05, 0) is 58.7 Å². The summed E-state index contributed by atoms with van der Waals surface area (Å²) in [5.74, 6) is -0.197. The standard InChI is InChI=1S/C24H12Cl2O2/c25-11-1-3-15-19(9-11)13-5-8-18-22-14(6-7-17(21(13)22)23(15)27)20-10-12(26)2-4-16(20)24(18)28/h1-10,13,21H. The third kappa shape index (κ3) is 1.94. The molecule has 4 aliphatic carbocycles. The van der Waals surface area contributed by atoms with Gasteiger partial charge in [0.05, 0.1) is 0 Å². The molecule has 0 aliphatic heterocycles. The summed E-state index contributed by atoms with van der Waals surface area (Å²) >= 11 is 12.5. The molecule has 2 atom stereocenters. The molecular formula is C24H12Cl2O2. The predicted octanol–water partition coefficient (Wildman–Crippen LogP) is 5.98. The Hall–Kier alpha value is -2.68. The van der Waals surface area contributed by atoms with Crippen molar-refractivity contribution in [1.29, 1.82) is 0 Å². The molecule has 28 heavy (non-hydrogen) atoms. The van der Waals surface area contributed by atoms with E-state index in [1.165, 1.54) is 0 Å². The summed E-state index contributed by atoms with van der Waals surface area (Å²) < 4.78 is 0. The Morgan fingerprint density at radius 3 is 2.36 bits per heavy atom. The zero-order chi connectivity index (χ0) is 19.2. The minimum absolute atomic E-state index is 0.00899. The lowest BCUT2D eigenvalue weighted by Crippen LogP contribution is -2.34. The van der Waals surface area contributed by atoms with E-state index >= 15 is 0 Å². The summed E-state index contributed by atoms with van der Waals surface area (Å²) in [7, 11) is 0. The number of fused-ring (bicyclic) bond motifs is 4. The maximum Gasteiger partial charge on any atom is 0.193 e. The van der Waals surface area contributed by atoms with Crippen LogP contribution in [-0.2, 0) is 0 Å². The highest BCUT2D eigenvalue weighted by molar-refractivity contribution is 6.32. The van der Waals surface area contributed by atoms with Crippen molar-refractivity contribution in [3.63, 3.8) is 0 Å². The Labute approximate surface area is 171 Å². The number of carbonyl (C=O) groups is 2. The van der Waals surface area contributed by atoms with Gasteiger partial charge in [-0.1, -0.05) is 47.5 Å². The van der Waals surface area contributed by atoms with Crippen molar-refractivity contribution < 1.29 is 9.59 Å². The van der Waals surface area contributed by atoms with Gasteiger partial charge in [0.1, 0.15) is 0 Å². The van der Waals surface area contributed by atoms with Gasteiger partial charge in [-0.15, -0.1) is 0 Å². The first kappa shape index (κ1) is 16.3. The molecule has 2 nitrogen and oxygen atoms in total. The predicted molar refractivity (Wildman–Crippen MR) is 110 cm³/mol. The highest BCUT2D eigenvalue weighted by Crippen LogP contribution is 2.55. The maximum atomic E-state index is 13.2. The molecule has 0 N–H and O–H groups in total. The molecule has 4 heteroatoms. The van der Waals surface area contributed by atoms with E-state index < -0.39 is 0 Å². The van der Waals surface area contributed by atoms with Crippen molar-refractivity contribution in [1.82, 2.24) is 0 Å².